The molecule has 0 bridgehead atoms. The van der Waals surface area contributed by atoms with Crippen molar-refractivity contribution < 1.29 is 18.5 Å². The van der Waals surface area contributed by atoms with Crippen LogP contribution in [-0.4, -0.2) is 16.4 Å². The van der Waals surface area contributed by atoms with E-state index < -0.39 is 39.3 Å². The van der Waals surface area contributed by atoms with Crippen molar-refractivity contribution in [1.82, 2.24) is 5.32 Å². The summed E-state index contributed by atoms with van der Waals surface area (Å²) in [4.78, 5) is 21.6. The molecule has 0 spiro atoms. The Bertz CT molecular complexity index is 541. The Hall–Kier alpha value is -2.05. The zero-order valence-electron chi connectivity index (χ0n) is 9.50. The maximum Gasteiger partial charge on any atom is 0.285 e. The van der Waals surface area contributed by atoms with Gasteiger partial charge in [0, 0.05) is 5.54 Å². The van der Waals surface area contributed by atoms with Crippen LogP contribution in [0.15, 0.2) is 12.1 Å². The maximum absolute atomic E-state index is 13.1. The van der Waals surface area contributed by atoms with Crippen LogP contribution in [0.25, 0.3) is 0 Å². The smallest absolute Gasteiger partial charge is 0.285 e. The van der Waals surface area contributed by atoms with Gasteiger partial charge < -0.3 is 5.32 Å². The number of nitro groups is 1. The third-order valence-electron chi connectivity index (χ3n) is 2.90. The first-order chi connectivity index (χ1) is 8.32. The van der Waals surface area contributed by atoms with Crippen LogP contribution in [0, 0.1) is 21.7 Å². The molecule has 1 saturated carbocycles. The van der Waals surface area contributed by atoms with Crippen molar-refractivity contribution in [2.24, 2.45) is 0 Å². The molecule has 1 fully saturated rings. The highest BCUT2D eigenvalue weighted by Gasteiger charge is 2.40. The van der Waals surface area contributed by atoms with Crippen molar-refractivity contribution >= 4 is 11.6 Å². The van der Waals surface area contributed by atoms with E-state index in [9.17, 15) is 23.7 Å². The van der Waals surface area contributed by atoms with Gasteiger partial charge in [0.1, 0.15) is 5.56 Å². The van der Waals surface area contributed by atoms with E-state index in [0.717, 1.165) is 12.8 Å². The minimum Gasteiger partial charge on any atom is -0.347 e. The number of nitro benzene ring substituents is 1. The molecule has 0 aliphatic heterocycles. The molecule has 0 unspecified atom stereocenters. The zero-order valence-corrected chi connectivity index (χ0v) is 9.50. The van der Waals surface area contributed by atoms with Crippen molar-refractivity contribution in [3.8, 4) is 0 Å². The van der Waals surface area contributed by atoms with Gasteiger partial charge in [-0.25, -0.2) is 8.78 Å². The summed E-state index contributed by atoms with van der Waals surface area (Å²) in [5.41, 5.74) is -1.60. The van der Waals surface area contributed by atoms with E-state index in [1.165, 1.54) is 0 Å². The third-order valence-corrected chi connectivity index (χ3v) is 2.90. The Morgan fingerprint density at radius 1 is 1.39 bits per heavy atom. The fraction of sp³-hybridized carbons (Fsp3) is 0.364. The summed E-state index contributed by atoms with van der Waals surface area (Å²) < 4.78 is 26.0. The Morgan fingerprint density at radius 2 is 1.94 bits per heavy atom. The van der Waals surface area contributed by atoms with Crippen LogP contribution in [0.2, 0.25) is 0 Å². The van der Waals surface area contributed by atoms with Crippen LogP contribution < -0.4 is 5.32 Å². The Balaban J connectivity index is 2.38. The standard InChI is InChI=1S/C11H10F2N2O3/c1-11(2-3-11)14-10(16)6-4-7(12)8(13)5-9(6)15(17)18/h4-5H,2-3H2,1H3,(H,14,16). The zero-order chi connectivity index (χ0) is 13.5. The quantitative estimate of drug-likeness (QED) is 0.665. The molecule has 1 aliphatic rings. The monoisotopic (exact) mass is 256 g/mol. The van der Waals surface area contributed by atoms with Crippen molar-refractivity contribution in [2.75, 3.05) is 0 Å². The molecule has 0 atom stereocenters. The second-order valence-electron chi connectivity index (χ2n) is 4.56. The highest BCUT2D eigenvalue weighted by atomic mass is 19.2. The highest BCUT2D eigenvalue weighted by Crippen LogP contribution is 2.35. The molecule has 1 aromatic carbocycles. The van der Waals surface area contributed by atoms with Gasteiger partial charge in [0.05, 0.1) is 11.0 Å². The Labute approximate surface area is 101 Å². The van der Waals surface area contributed by atoms with E-state index in [1.54, 1.807) is 6.92 Å². The third kappa shape index (κ3) is 2.29. The summed E-state index contributed by atoms with van der Waals surface area (Å²) in [7, 11) is 0. The lowest BCUT2D eigenvalue weighted by molar-refractivity contribution is -0.385. The van der Waals surface area contributed by atoms with E-state index in [4.69, 9.17) is 0 Å². The van der Waals surface area contributed by atoms with Crippen molar-refractivity contribution in [1.29, 1.82) is 0 Å². The molecular weight excluding hydrogens is 246 g/mol. The molecule has 0 heterocycles. The van der Waals surface area contributed by atoms with Crippen molar-refractivity contribution in [3.05, 3.63) is 39.4 Å². The minimum absolute atomic E-state index is 0.393. The lowest BCUT2D eigenvalue weighted by Crippen LogP contribution is -2.34. The van der Waals surface area contributed by atoms with E-state index in [1.807, 2.05) is 0 Å². The SMILES string of the molecule is CC1(NC(=O)c2cc(F)c(F)cc2[N+](=O)[O-])CC1. The average Bonchev–Trinajstić information content (AvgIpc) is 2.99. The van der Waals surface area contributed by atoms with Gasteiger partial charge >= 0.3 is 0 Å². The van der Waals surface area contributed by atoms with E-state index in [0.29, 0.717) is 12.1 Å². The van der Waals surface area contributed by atoms with Gasteiger partial charge in [-0.05, 0) is 25.8 Å². The number of halogens is 2. The molecular formula is C11H10F2N2O3. The van der Waals surface area contributed by atoms with Gasteiger partial charge in [-0.3, -0.25) is 14.9 Å². The van der Waals surface area contributed by atoms with Gasteiger partial charge in [-0.15, -0.1) is 0 Å². The molecule has 5 nitrogen and oxygen atoms in total. The van der Waals surface area contributed by atoms with Gasteiger partial charge in [0.25, 0.3) is 11.6 Å². The predicted octanol–water partition coefficient (Wildman–Crippen LogP) is 2.16. The van der Waals surface area contributed by atoms with Crippen molar-refractivity contribution in [3.63, 3.8) is 0 Å². The molecule has 1 aliphatic carbocycles. The first kappa shape index (κ1) is 12.4. The maximum atomic E-state index is 13.1. The number of nitrogens with zero attached hydrogens (tertiary/aromatic N) is 1. The molecule has 96 valence electrons. The lowest BCUT2D eigenvalue weighted by atomic mass is 10.1. The van der Waals surface area contributed by atoms with Gasteiger partial charge in [-0.2, -0.15) is 0 Å². The summed E-state index contributed by atoms with van der Waals surface area (Å²) in [6.07, 6.45) is 1.52. The molecule has 1 N–H and O–H groups in total. The summed E-state index contributed by atoms with van der Waals surface area (Å²) >= 11 is 0. The fourth-order valence-electron chi connectivity index (χ4n) is 1.52. The number of benzene rings is 1. The predicted molar refractivity (Wildman–Crippen MR) is 58.1 cm³/mol. The van der Waals surface area contributed by atoms with E-state index in [-0.39, 0.29) is 0 Å². The van der Waals surface area contributed by atoms with Crippen molar-refractivity contribution in [2.45, 2.75) is 25.3 Å². The highest BCUT2D eigenvalue weighted by molar-refractivity contribution is 5.98. The van der Waals surface area contributed by atoms with Gasteiger partial charge in [-0.1, -0.05) is 0 Å². The van der Waals surface area contributed by atoms with Crippen LogP contribution in [0.4, 0.5) is 14.5 Å². The molecule has 0 saturated heterocycles. The number of rotatable bonds is 3. The molecule has 0 aromatic heterocycles. The van der Waals surface area contributed by atoms with E-state index in [2.05, 4.69) is 5.32 Å². The number of carbonyl (C=O) groups excluding carboxylic acids is 1. The average molecular weight is 256 g/mol. The molecule has 1 amide bonds. The normalized spacial score (nSPS) is 16.2. The molecule has 1 aromatic rings. The molecule has 2 rings (SSSR count). The largest absolute Gasteiger partial charge is 0.347 e. The number of hydrogen-bond acceptors (Lipinski definition) is 3. The number of nitrogens with one attached hydrogen (secondary N) is 1. The lowest BCUT2D eigenvalue weighted by Gasteiger charge is -2.11. The number of carbonyl (C=O) groups is 1. The molecule has 0 radical (unpaired) electrons. The number of amides is 1. The van der Waals surface area contributed by atoms with Crippen LogP contribution >= 0.6 is 0 Å². The molecule has 18 heavy (non-hydrogen) atoms. The van der Waals surface area contributed by atoms with Gasteiger partial charge in [0.2, 0.25) is 0 Å². The summed E-state index contributed by atoms with van der Waals surface area (Å²) in [5, 5.41) is 13.3. The Morgan fingerprint density at radius 3 is 2.44 bits per heavy atom. The first-order valence-corrected chi connectivity index (χ1v) is 5.28. The second kappa shape index (κ2) is 4.01. The fourth-order valence-corrected chi connectivity index (χ4v) is 1.52. The minimum atomic E-state index is -1.35. The summed E-state index contributed by atoms with van der Waals surface area (Å²) in [6, 6.07) is 0.966. The van der Waals surface area contributed by atoms with Crippen LogP contribution in [0.3, 0.4) is 0 Å². The van der Waals surface area contributed by atoms with Crippen LogP contribution in [-0.2, 0) is 0 Å². The first-order valence-electron chi connectivity index (χ1n) is 5.28. The topological polar surface area (TPSA) is 72.2 Å². The van der Waals surface area contributed by atoms with Crippen LogP contribution in [0.1, 0.15) is 30.1 Å². The summed E-state index contributed by atoms with van der Waals surface area (Å²) in [6.45, 7) is 1.77. The summed E-state index contributed by atoms with van der Waals surface area (Å²) in [5.74, 6) is -3.40. The van der Waals surface area contributed by atoms with Crippen LogP contribution in [0.5, 0.6) is 0 Å². The molecule has 7 heteroatoms. The Kier molecular flexibility index (Phi) is 2.76. The number of hydrogen-bond donors (Lipinski definition) is 1. The van der Waals surface area contributed by atoms with Gasteiger partial charge in [0.15, 0.2) is 11.6 Å². The van der Waals surface area contributed by atoms with E-state index >= 15 is 0 Å². The second-order valence-corrected chi connectivity index (χ2v) is 4.56.